The van der Waals surface area contributed by atoms with Gasteiger partial charge in [-0.2, -0.15) is 13.2 Å². The van der Waals surface area contributed by atoms with E-state index in [1.165, 1.54) is 19.3 Å². The Kier molecular flexibility index (Phi) is 9.43. The fourth-order valence-corrected chi connectivity index (χ4v) is 2.39. The van der Waals surface area contributed by atoms with E-state index in [0.717, 1.165) is 6.92 Å². The van der Waals surface area contributed by atoms with Crippen LogP contribution in [0.4, 0.5) is 18.9 Å². The molecule has 0 heterocycles. The Labute approximate surface area is 189 Å². The van der Waals surface area contributed by atoms with Gasteiger partial charge in [0.25, 0.3) is 5.72 Å². The lowest BCUT2D eigenvalue weighted by molar-refractivity contribution is -0.219. The first-order chi connectivity index (χ1) is 15.0. The summed E-state index contributed by atoms with van der Waals surface area (Å²) in [5.74, 6) is -3.96. The highest BCUT2D eigenvalue weighted by Gasteiger charge is 2.47. The summed E-state index contributed by atoms with van der Waals surface area (Å²) < 4.78 is 46.1. The Balaban J connectivity index is 2.79. The maximum Gasteiger partial charge on any atom is 0.491 e. The van der Waals surface area contributed by atoms with E-state index in [0.29, 0.717) is 17.9 Å². The van der Waals surface area contributed by atoms with Crippen LogP contribution < -0.4 is 21.3 Å². The first-order valence-corrected chi connectivity index (χ1v) is 9.72. The maximum atomic E-state index is 12.4. The van der Waals surface area contributed by atoms with Crippen molar-refractivity contribution < 1.29 is 41.9 Å². The number of esters is 1. The topological polar surface area (TPSA) is 129 Å². The number of nitrogens with two attached hydrogens (primary N) is 1. The number of hydrogen-bond acceptors (Lipinski definition) is 8. The van der Waals surface area contributed by atoms with Gasteiger partial charge in [0.2, 0.25) is 5.91 Å². The van der Waals surface area contributed by atoms with E-state index >= 15 is 0 Å². The Hall–Kier alpha value is -3.12. The molecule has 0 aliphatic heterocycles. The van der Waals surface area contributed by atoms with Crippen molar-refractivity contribution in [2.75, 3.05) is 12.4 Å². The molecule has 0 aliphatic carbocycles. The average molecular weight is 475 g/mol. The molecule has 1 aromatic carbocycles. The van der Waals surface area contributed by atoms with Gasteiger partial charge in [-0.15, -0.1) is 5.48 Å². The van der Waals surface area contributed by atoms with Gasteiger partial charge in [0.05, 0.1) is 13.2 Å². The Morgan fingerprint density at radius 3 is 2.12 bits per heavy atom. The van der Waals surface area contributed by atoms with E-state index in [-0.39, 0.29) is 5.41 Å². The minimum Gasteiger partial charge on any atom is -0.497 e. The number of nitrogens with one attached hydrogen (secondary N) is 2. The zero-order valence-electron chi connectivity index (χ0n) is 18.9. The van der Waals surface area contributed by atoms with E-state index in [1.807, 2.05) is 20.8 Å². The van der Waals surface area contributed by atoms with Crippen LogP contribution in [-0.4, -0.2) is 42.9 Å². The predicted octanol–water partition coefficient (Wildman–Crippen LogP) is 2.82. The molecule has 184 valence electrons. The second-order valence-electron chi connectivity index (χ2n) is 8.45. The smallest absolute Gasteiger partial charge is 0.491 e. The molecule has 0 radical (unpaired) electrons. The van der Waals surface area contributed by atoms with Crippen LogP contribution in [0, 0.1) is 5.41 Å². The lowest BCUT2D eigenvalue weighted by Crippen LogP contribution is -2.53. The van der Waals surface area contributed by atoms with Crippen molar-refractivity contribution in [1.82, 2.24) is 5.48 Å². The lowest BCUT2D eigenvalue weighted by Gasteiger charge is -2.27. The van der Waals surface area contributed by atoms with Crippen molar-refractivity contribution in [2.24, 2.45) is 11.1 Å². The van der Waals surface area contributed by atoms with Crippen LogP contribution in [0.15, 0.2) is 36.4 Å². The number of methoxy groups -OCH3 is 1. The van der Waals surface area contributed by atoms with Crippen molar-refractivity contribution in [3.05, 3.63) is 36.4 Å². The van der Waals surface area contributed by atoms with Crippen LogP contribution in [0.1, 0.15) is 34.1 Å². The zero-order valence-corrected chi connectivity index (χ0v) is 18.9. The van der Waals surface area contributed by atoms with Gasteiger partial charge < -0.3 is 19.6 Å². The summed E-state index contributed by atoms with van der Waals surface area (Å²) in [7, 11) is 1.51. The van der Waals surface area contributed by atoms with Crippen molar-refractivity contribution in [3.8, 4) is 5.75 Å². The Morgan fingerprint density at radius 2 is 1.64 bits per heavy atom. The summed E-state index contributed by atoms with van der Waals surface area (Å²) in [4.78, 5) is 40.0. The zero-order chi connectivity index (χ0) is 25.4. The molecule has 0 aromatic heterocycles. The third kappa shape index (κ3) is 10.4. The molecule has 0 spiro atoms. The van der Waals surface area contributed by atoms with E-state index in [9.17, 15) is 27.6 Å². The maximum absolute atomic E-state index is 12.4. The van der Waals surface area contributed by atoms with Gasteiger partial charge in [0.15, 0.2) is 0 Å². The molecule has 1 amide bonds. The molecule has 0 saturated heterocycles. The van der Waals surface area contributed by atoms with Crippen LogP contribution in [0.3, 0.4) is 0 Å². The molecule has 0 aliphatic rings. The number of ether oxygens (including phenoxy) is 2. The quantitative estimate of drug-likeness (QED) is 0.215. The summed E-state index contributed by atoms with van der Waals surface area (Å²) in [5.41, 5.74) is 5.22. The fraction of sp³-hybridized carbons (Fsp3) is 0.476. The molecule has 2 atom stereocenters. The monoisotopic (exact) mass is 475 g/mol. The number of amides is 1. The number of carbonyl (C=O) groups excluding carboxylic acids is 3. The van der Waals surface area contributed by atoms with Crippen molar-refractivity contribution in [3.63, 3.8) is 0 Å². The van der Waals surface area contributed by atoms with E-state index in [2.05, 4.69) is 15.5 Å². The van der Waals surface area contributed by atoms with E-state index < -0.39 is 35.8 Å². The van der Waals surface area contributed by atoms with E-state index in [1.54, 1.807) is 24.3 Å². The van der Waals surface area contributed by atoms with Crippen LogP contribution in [-0.2, 0) is 24.0 Å². The van der Waals surface area contributed by atoms with Crippen LogP contribution in [0.25, 0.3) is 0 Å². The van der Waals surface area contributed by atoms with Gasteiger partial charge in [-0.1, -0.05) is 26.8 Å². The first kappa shape index (κ1) is 27.9. The molecule has 0 bridgehead atoms. The number of rotatable bonds is 9. The first-order valence-electron chi connectivity index (χ1n) is 9.72. The number of hydroxylamine groups is 1. The highest BCUT2D eigenvalue weighted by atomic mass is 19.4. The molecule has 0 fully saturated rings. The lowest BCUT2D eigenvalue weighted by atomic mass is 9.88. The van der Waals surface area contributed by atoms with Crippen molar-refractivity contribution in [2.45, 2.75) is 52.1 Å². The second-order valence-corrected chi connectivity index (χ2v) is 8.45. The van der Waals surface area contributed by atoms with Gasteiger partial charge in [0.1, 0.15) is 5.75 Å². The largest absolute Gasteiger partial charge is 0.497 e. The van der Waals surface area contributed by atoms with Crippen LogP contribution in [0.5, 0.6) is 5.75 Å². The Bertz CT molecular complexity index is 861. The highest BCUT2D eigenvalue weighted by Crippen LogP contribution is 2.22. The van der Waals surface area contributed by atoms with Gasteiger partial charge in [-0.05, 0) is 36.1 Å². The number of hydrogen-bond donors (Lipinski definition) is 3. The van der Waals surface area contributed by atoms with Crippen molar-refractivity contribution >= 4 is 23.5 Å². The molecule has 33 heavy (non-hydrogen) atoms. The molecule has 0 unspecified atom stereocenters. The van der Waals surface area contributed by atoms with Crippen LogP contribution in [0.2, 0.25) is 0 Å². The molecule has 0 saturated carbocycles. The molecule has 1 aromatic rings. The molecular weight excluding hydrogens is 447 g/mol. The normalized spacial score (nSPS) is 14.8. The molecule has 12 heteroatoms. The standard InChI is InChI=1S/C21H28F3N3O6/c1-19(2,3)12-14(8-11-16(28)26-13-6-9-15(31-5)10-7-13)27-33-17(29)20(4,25)32-18(30)21(22,23)24/h6-11,14,27H,12,25H2,1-5H3,(H,26,28)/b11-8+/t14-,20+/m1/s1. The number of carbonyl (C=O) groups is 3. The predicted molar refractivity (Wildman–Crippen MR) is 113 cm³/mol. The number of halogens is 3. The number of anilines is 1. The van der Waals surface area contributed by atoms with Gasteiger partial charge in [-0.3, -0.25) is 10.5 Å². The van der Waals surface area contributed by atoms with Gasteiger partial charge in [0, 0.05) is 18.7 Å². The highest BCUT2D eigenvalue weighted by molar-refractivity contribution is 5.99. The van der Waals surface area contributed by atoms with Crippen molar-refractivity contribution in [1.29, 1.82) is 0 Å². The summed E-state index contributed by atoms with van der Waals surface area (Å²) >= 11 is 0. The van der Waals surface area contributed by atoms with E-state index in [4.69, 9.17) is 15.3 Å². The minimum absolute atomic E-state index is 0.296. The summed E-state index contributed by atoms with van der Waals surface area (Å²) in [5, 5.41) is 2.64. The van der Waals surface area contributed by atoms with Crippen LogP contribution >= 0.6 is 0 Å². The molecule has 9 nitrogen and oxygen atoms in total. The summed E-state index contributed by atoms with van der Waals surface area (Å²) in [6, 6.07) is 5.89. The number of benzene rings is 1. The molecule has 1 rings (SSSR count). The number of alkyl halides is 3. The SMILES string of the molecule is COc1ccc(NC(=O)/C=C/[C@H](CC(C)(C)C)NOC(=O)[C@@](C)(N)OC(=O)C(F)(F)F)cc1. The Morgan fingerprint density at radius 1 is 1.06 bits per heavy atom. The third-order valence-electron chi connectivity index (χ3n) is 3.91. The van der Waals surface area contributed by atoms with Gasteiger partial charge in [-0.25, -0.2) is 9.59 Å². The second kappa shape index (κ2) is 11.1. The van der Waals surface area contributed by atoms with Gasteiger partial charge >= 0.3 is 18.1 Å². The molecule has 4 N–H and O–H groups in total. The molecular formula is C21H28F3N3O6. The summed E-state index contributed by atoms with van der Waals surface area (Å²) in [6.07, 6.45) is -2.36. The average Bonchev–Trinajstić information content (AvgIpc) is 2.68. The summed E-state index contributed by atoms with van der Waals surface area (Å²) in [6.45, 7) is 6.39. The minimum atomic E-state index is -5.33. The third-order valence-corrected chi connectivity index (χ3v) is 3.91. The fourth-order valence-electron chi connectivity index (χ4n) is 2.39.